The van der Waals surface area contributed by atoms with Crippen molar-refractivity contribution in [2.75, 3.05) is 32.8 Å². The summed E-state index contributed by atoms with van der Waals surface area (Å²) in [5, 5.41) is 10.4. The second kappa shape index (κ2) is 9.86. The van der Waals surface area contributed by atoms with Crippen LogP contribution in [-0.4, -0.2) is 49.0 Å². The van der Waals surface area contributed by atoms with E-state index in [2.05, 4.69) is 60.4 Å². The number of β-amino-alcohol motifs (C(OH)–C–C–N with tert-alkyl or cyclic N) is 1. The lowest BCUT2D eigenvalue weighted by Gasteiger charge is -2.32. The van der Waals surface area contributed by atoms with Gasteiger partial charge < -0.3 is 14.7 Å². The van der Waals surface area contributed by atoms with Crippen molar-refractivity contribution in [3.63, 3.8) is 0 Å². The first kappa shape index (κ1) is 19.1. The highest BCUT2D eigenvalue weighted by Gasteiger charge is 2.20. The van der Waals surface area contributed by atoms with Crippen LogP contribution in [0, 0.1) is 5.92 Å². The van der Waals surface area contributed by atoms with Gasteiger partial charge in [0.25, 0.3) is 0 Å². The summed E-state index contributed by atoms with van der Waals surface area (Å²) >= 11 is 0. The molecule has 1 aliphatic heterocycles. The van der Waals surface area contributed by atoms with Crippen LogP contribution in [0.3, 0.4) is 0 Å². The van der Waals surface area contributed by atoms with E-state index < -0.39 is 6.10 Å². The minimum absolute atomic E-state index is 0.194. The molecule has 3 heteroatoms. The van der Waals surface area contributed by atoms with E-state index in [0.29, 0.717) is 19.8 Å². The van der Waals surface area contributed by atoms with Gasteiger partial charge in [-0.3, -0.25) is 0 Å². The zero-order valence-electron chi connectivity index (χ0n) is 15.8. The highest BCUT2D eigenvalue weighted by Crippen LogP contribution is 2.25. The van der Waals surface area contributed by atoms with Crippen molar-refractivity contribution in [1.82, 2.24) is 4.90 Å². The summed E-state index contributed by atoms with van der Waals surface area (Å²) in [5.74, 6) is 0.928. The molecule has 1 aliphatic rings. The maximum atomic E-state index is 10.4. The molecule has 0 radical (unpaired) electrons. The molecular formula is C23H31NO2. The molecule has 3 rings (SSSR count). The summed E-state index contributed by atoms with van der Waals surface area (Å²) in [6.45, 7) is 6.17. The number of piperidine rings is 1. The maximum Gasteiger partial charge on any atom is 0.0900 e. The van der Waals surface area contributed by atoms with Gasteiger partial charge in [-0.1, -0.05) is 67.6 Å². The Morgan fingerprint density at radius 2 is 1.62 bits per heavy atom. The predicted octanol–water partition coefficient (Wildman–Crippen LogP) is 3.93. The lowest BCUT2D eigenvalue weighted by Crippen LogP contribution is -2.40. The molecule has 140 valence electrons. The van der Waals surface area contributed by atoms with E-state index in [1.165, 1.54) is 24.0 Å². The van der Waals surface area contributed by atoms with Crippen molar-refractivity contribution in [3.05, 3.63) is 71.8 Å². The van der Waals surface area contributed by atoms with Gasteiger partial charge in [-0.05, 0) is 36.4 Å². The van der Waals surface area contributed by atoms with Crippen molar-refractivity contribution in [1.29, 1.82) is 0 Å². The highest BCUT2D eigenvalue weighted by molar-refractivity contribution is 5.32. The van der Waals surface area contributed by atoms with Crippen molar-refractivity contribution in [2.24, 2.45) is 5.92 Å². The lowest BCUT2D eigenvalue weighted by atomic mass is 9.92. The van der Waals surface area contributed by atoms with Gasteiger partial charge in [-0.25, -0.2) is 0 Å². The summed E-state index contributed by atoms with van der Waals surface area (Å²) in [4.78, 5) is 2.37. The molecule has 2 atom stereocenters. The van der Waals surface area contributed by atoms with Gasteiger partial charge in [0.2, 0.25) is 0 Å². The van der Waals surface area contributed by atoms with Gasteiger partial charge in [0.1, 0.15) is 0 Å². The van der Waals surface area contributed by atoms with Crippen molar-refractivity contribution in [2.45, 2.75) is 31.8 Å². The van der Waals surface area contributed by atoms with Crippen LogP contribution in [0.5, 0.6) is 0 Å². The molecule has 0 aromatic heterocycles. The van der Waals surface area contributed by atoms with E-state index in [1.807, 2.05) is 12.1 Å². The Morgan fingerprint density at radius 1 is 1.00 bits per heavy atom. The SMILES string of the molecule is C[C@@H]1CCCN(C[C@H](O)COCC(c2ccccc2)c2ccccc2)C1. The van der Waals surface area contributed by atoms with Crippen LogP contribution < -0.4 is 0 Å². The Kier molecular flexibility index (Phi) is 7.24. The largest absolute Gasteiger partial charge is 0.389 e. The summed E-state index contributed by atoms with van der Waals surface area (Å²) in [6.07, 6.45) is 2.12. The molecule has 1 heterocycles. The molecule has 1 saturated heterocycles. The molecule has 2 aromatic carbocycles. The molecule has 0 amide bonds. The Balaban J connectivity index is 1.53. The Labute approximate surface area is 157 Å². The highest BCUT2D eigenvalue weighted by atomic mass is 16.5. The van der Waals surface area contributed by atoms with Crippen molar-refractivity contribution in [3.8, 4) is 0 Å². The summed E-state index contributed by atoms with van der Waals surface area (Å²) < 4.78 is 5.96. The maximum absolute atomic E-state index is 10.4. The number of rotatable bonds is 8. The molecule has 0 bridgehead atoms. The average molecular weight is 354 g/mol. The number of aliphatic hydroxyl groups excluding tert-OH is 1. The topological polar surface area (TPSA) is 32.7 Å². The van der Waals surface area contributed by atoms with E-state index in [0.717, 1.165) is 19.0 Å². The molecule has 0 aliphatic carbocycles. The normalized spacial score (nSPS) is 19.6. The van der Waals surface area contributed by atoms with Gasteiger partial charge in [0.15, 0.2) is 0 Å². The molecule has 0 unspecified atom stereocenters. The second-order valence-corrected chi connectivity index (χ2v) is 7.57. The number of likely N-dealkylation sites (tertiary alicyclic amines) is 1. The average Bonchev–Trinajstić information content (AvgIpc) is 2.67. The number of ether oxygens (including phenoxy) is 1. The smallest absolute Gasteiger partial charge is 0.0900 e. The Bertz CT molecular complexity index is 592. The van der Waals surface area contributed by atoms with E-state index in [4.69, 9.17) is 4.74 Å². The first-order valence-corrected chi connectivity index (χ1v) is 9.80. The van der Waals surface area contributed by atoms with Crippen molar-refractivity contribution < 1.29 is 9.84 Å². The quantitative estimate of drug-likeness (QED) is 0.780. The minimum Gasteiger partial charge on any atom is -0.389 e. The summed E-state index contributed by atoms with van der Waals surface area (Å²) in [6, 6.07) is 20.9. The first-order chi connectivity index (χ1) is 12.7. The molecule has 3 nitrogen and oxygen atoms in total. The first-order valence-electron chi connectivity index (χ1n) is 9.80. The molecule has 26 heavy (non-hydrogen) atoms. The summed E-state index contributed by atoms with van der Waals surface area (Å²) in [7, 11) is 0. The van der Waals surface area contributed by atoms with Gasteiger partial charge in [-0.2, -0.15) is 0 Å². The van der Waals surface area contributed by atoms with E-state index in [9.17, 15) is 5.11 Å². The second-order valence-electron chi connectivity index (χ2n) is 7.57. The van der Waals surface area contributed by atoms with Gasteiger partial charge in [-0.15, -0.1) is 0 Å². The molecular weight excluding hydrogens is 322 g/mol. The fourth-order valence-corrected chi connectivity index (χ4v) is 3.88. The van der Waals surface area contributed by atoms with Crippen LogP contribution in [0.15, 0.2) is 60.7 Å². The molecule has 0 spiro atoms. The Hall–Kier alpha value is -1.68. The van der Waals surface area contributed by atoms with E-state index >= 15 is 0 Å². The van der Waals surface area contributed by atoms with Crippen LogP contribution in [0.1, 0.15) is 36.8 Å². The molecule has 2 aromatic rings. The van der Waals surface area contributed by atoms with Gasteiger partial charge >= 0.3 is 0 Å². The third-order valence-corrected chi connectivity index (χ3v) is 5.21. The molecule has 1 fully saturated rings. The van der Waals surface area contributed by atoms with Gasteiger partial charge in [0, 0.05) is 19.0 Å². The van der Waals surface area contributed by atoms with Crippen LogP contribution in [-0.2, 0) is 4.74 Å². The van der Waals surface area contributed by atoms with Crippen LogP contribution in [0.25, 0.3) is 0 Å². The number of hydrogen-bond acceptors (Lipinski definition) is 3. The van der Waals surface area contributed by atoms with E-state index in [-0.39, 0.29) is 5.92 Å². The summed E-state index contributed by atoms with van der Waals surface area (Å²) in [5.41, 5.74) is 2.50. The number of nitrogens with zero attached hydrogens (tertiary/aromatic N) is 1. The molecule has 0 saturated carbocycles. The van der Waals surface area contributed by atoms with Crippen LogP contribution >= 0.6 is 0 Å². The third-order valence-electron chi connectivity index (χ3n) is 5.21. The number of aliphatic hydroxyl groups is 1. The Morgan fingerprint density at radius 3 is 2.19 bits per heavy atom. The number of hydrogen-bond donors (Lipinski definition) is 1. The monoisotopic (exact) mass is 353 g/mol. The minimum atomic E-state index is -0.424. The fraction of sp³-hybridized carbons (Fsp3) is 0.478. The zero-order chi connectivity index (χ0) is 18.2. The molecule has 1 N–H and O–H groups in total. The fourth-order valence-electron chi connectivity index (χ4n) is 3.88. The van der Waals surface area contributed by atoms with Crippen LogP contribution in [0.4, 0.5) is 0 Å². The zero-order valence-corrected chi connectivity index (χ0v) is 15.8. The predicted molar refractivity (Wildman–Crippen MR) is 106 cm³/mol. The number of benzene rings is 2. The van der Waals surface area contributed by atoms with E-state index in [1.54, 1.807) is 0 Å². The standard InChI is InChI=1S/C23H31NO2/c1-19-9-8-14-24(15-19)16-22(25)17-26-18-23(20-10-4-2-5-11-20)21-12-6-3-7-13-21/h2-7,10-13,19,22-23,25H,8-9,14-18H2,1H3/t19-,22+/m1/s1. The third kappa shape index (κ3) is 5.66. The lowest BCUT2D eigenvalue weighted by molar-refractivity contribution is 0.00786. The van der Waals surface area contributed by atoms with Gasteiger partial charge in [0.05, 0.1) is 19.3 Å². The van der Waals surface area contributed by atoms with Crippen LogP contribution in [0.2, 0.25) is 0 Å². The van der Waals surface area contributed by atoms with Crippen molar-refractivity contribution >= 4 is 0 Å².